The molecule has 0 unspecified atom stereocenters. The molecule has 0 heterocycles. The highest BCUT2D eigenvalue weighted by atomic mass is 16.6. The molecule has 3 N–H and O–H groups in total. The van der Waals surface area contributed by atoms with Gasteiger partial charge in [-0.25, -0.2) is 10.2 Å². The predicted molar refractivity (Wildman–Crippen MR) is 83.6 cm³/mol. The average Bonchev–Trinajstić information content (AvgIpc) is 2.44. The molecule has 122 valence electrons. The first-order valence-corrected chi connectivity index (χ1v) is 6.94. The van der Waals surface area contributed by atoms with Gasteiger partial charge in [0.2, 0.25) is 0 Å². The zero-order chi connectivity index (χ0) is 16.6. The van der Waals surface area contributed by atoms with E-state index in [9.17, 15) is 9.59 Å². The summed E-state index contributed by atoms with van der Waals surface area (Å²) in [6.07, 6.45) is -0.595. The van der Waals surface area contributed by atoms with Crippen LogP contribution in [0.15, 0.2) is 24.3 Å². The van der Waals surface area contributed by atoms with Gasteiger partial charge in [0.25, 0.3) is 5.91 Å². The molecule has 1 aromatic carbocycles. The van der Waals surface area contributed by atoms with Crippen LogP contribution in [-0.2, 0) is 9.47 Å². The number of rotatable bonds is 6. The van der Waals surface area contributed by atoms with Crippen LogP contribution in [0.2, 0.25) is 0 Å². The fourth-order valence-electron chi connectivity index (χ4n) is 1.53. The SMILES string of the molecule is COCCNC(=O)c1cccc(NNC(=O)OC(C)(C)C)c1. The quantitative estimate of drug-likeness (QED) is 0.552. The van der Waals surface area contributed by atoms with Crippen molar-refractivity contribution in [1.29, 1.82) is 0 Å². The maximum absolute atomic E-state index is 11.9. The van der Waals surface area contributed by atoms with Crippen molar-refractivity contribution < 1.29 is 19.1 Å². The number of hydrogen-bond donors (Lipinski definition) is 3. The van der Waals surface area contributed by atoms with Crippen LogP contribution in [0.1, 0.15) is 31.1 Å². The van der Waals surface area contributed by atoms with Crippen LogP contribution in [0.3, 0.4) is 0 Å². The third-order valence-corrected chi connectivity index (χ3v) is 2.42. The molecule has 7 heteroatoms. The summed E-state index contributed by atoms with van der Waals surface area (Å²) in [5.74, 6) is -0.210. The van der Waals surface area contributed by atoms with Crippen molar-refractivity contribution in [2.45, 2.75) is 26.4 Å². The van der Waals surface area contributed by atoms with Gasteiger partial charge in [-0.15, -0.1) is 0 Å². The average molecular weight is 309 g/mol. The van der Waals surface area contributed by atoms with Crippen LogP contribution >= 0.6 is 0 Å². The van der Waals surface area contributed by atoms with Gasteiger partial charge in [0.1, 0.15) is 5.60 Å². The first-order chi connectivity index (χ1) is 10.3. The molecule has 1 aromatic rings. The first-order valence-electron chi connectivity index (χ1n) is 6.94. The summed E-state index contributed by atoms with van der Waals surface area (Å²) in [6, 6.07) is 6.74. The second-order valence-corrected chi connectivity index (χ2v) is 5.58. The van der Waals surface area contributed by atoms with Crippen molar-refractivity contribution in [2.24, 2.45) is 0 Å². The van der Waals surface area contributed by atoms with E-state index < -0.39 is 11.7 Å². The minimum atomic E-state index is -0.595. The smallest absolute Gasteiger partial charge is 0.426 e. The summed E-state index contributed by atoms with van der Waals surface area (Å²) < 4.78 is 9.96. The van der Waals surface area contributed by atoms with Crippen molar-refractivity contribution in [1.82, 2.24) is 10.7 Å². The second kappa shape index (κ2) is 8.23. The van der Waals surface area contributed by atoms with E-state index in [1.54, 1.807) is 52.1 Å². The van der Waals surface area contributed by atoms with Crippen molar-refractivity contribution in [2.75, 3.05) is 25.7 Å². The molecule has 0 atom stereocenters. The van der Waals surface area contributed by atoms with Gasteiger partial charge in [-0.1, -0.05) is 6.07 Å². The van der Waals surface area contributed by atoms with Crippen molar-refractivity contribution >= 4 is 17.7 Å². The summed E-state index contributed by atoms with van der Waals surface area (Å²) in [7, 11) is 1.57. The van der Waals surface area contributed by atoms with Crippen LogP contribution in [0.5, 0.6) is 0 Å². The fourth-order valence-corrected chi connectivity index (χ4v) is 1.53. The monoisotopic (exact) mass is 309 g/mol. The predicted octanol–water partition coefficient (Wildman–Crippen LogP) is 1.91. The molecule has 0 radical (unpaired) electrons. The topological polar surface area (TPSA) is 88.7 Å². The Balaban J connectivity index is 2.53. The zero-order valence-electron chi connectivity index (χ0n) is 13.4. The van der Waals surface area contributed by atoms with E-state index >= 15 is 0 Å². The fraction of sp³-hybridized carbons (Fsp3) is 0.467. The number of methoxy groups -OCH3 is 1. The third kappa shape index (κ3) is 6.94. The van der Waals surface area contributed by atoms with Crippen molar-refractivity contribution in [3.05, 3.63) is 29.8 Å². The Kier molecular flexibility index (Phi) is 6.65. The molecule has 0 aliphatic rings. The highest BCUT2D eigenvalue weighted by molar-refractivity contribution is 5.95. The Labute approximate surface area is 130 Å². The number of hydrazine groups is 1. The van der Waals surface area contributed by atoms with Crippen molar-refractivity contribution in [3.8, 4) is 0 Å². The number of benzene rings is 1. The Morgan fingerprint density at radius 2 is 1.95 bits per heavy atom. The van der Waals surface area contributed by atoms with E-state index in [4.69, 9.17) is 9.47 Å². The van der Waals surface area contributed by atoms with E-state index in [0.29, 0.717) is 24.4 Å². The third-order valence-electron chi connectivity index (χ3n) is 2.42. The number of nitrogens with one attached hydrogen (secondary N) is 3. The molecule has 0 aliphatic carbocycles. The number of carbonyl (C=O) groups excluding carboxylic acids is 2. The Morgan fingerprint density at radius 1 is 1.23 bits per heavy atom. The lowest BCUT2D eigenvalue weighted by molar-refractivity contribution is 0.0541. The van der Waals surface area contributed by atoms with Gasteiger partial charge in [-0.3, -0.25) is 10.2 Å². The van der Waals surface area contributed by atoms with Gasteiger partial charge in [0, 0.05) is 19.2 Å². The molecule has 0 bridgehead atoms. The summed E-state index contributed by atoms with van der Waals surface area (Å²) in [4.78, 5) is 23.4. The number of amides is 2. The highest BCUT2D eigenvalue weighted by Gasteiger charge is 2.15. The zero-order valence-corrected chi connectivity index (χ0v) is 13.4. The van der Waals surface area contributed by atoms with Crippen LogP contribution in [-0.4, -0.2) is 37.9 Å². The number of ether oxygens (including phenoxy) is 2. The number of hydrogen-bond acceptors (Lipinski definition) is 5. The van der Waals surface area contributed by atoms with Gasteiger partial charge in [-0.2, -0.15) is 0 Å². The van der Waals surface area contributed by atoms with Gasteiger partial charge in [0.15, 0.2) is 0 Å². The van der Waals surface area contributed by atoms with Crippen LogP contribution in [0, 0.1) is 0 Å². The maximum atomic E-state index is 11.9. The van der Waals surface area contributed by atoms with E-state index in [2.05, 4.69) is 16.2 Å². The lowest BCUT2D eigenvalue weighted by atomic mass is 10.2. The van der Waals surface area contributed by atoms with Gasteiger partial charge in [-0.05, 0) is 39.0 Å². The molecule has 22 heavy (non-hydrogen) atoms. The highest BCUT2D eigenvalue weighted by Crippen LogP contribution is 2.10. The van der Waals surface area contributed by atoms with Gasteiger partial charge < -0.3 is 14.8 Å². The minimum absolute atomic E-state index is 0.210. The summed E-state index contributed by atoms with van der Waals surface area (Å²) in [6.45, 7) is 6.21. The Morgan fingerprint density at radius 3 is 2.59 bits per heavy atom. The van der Waals surface area contributed by atoms with E-state index in [1.165, 1.54) is 0 Å². The largest absolute Gasteiger partial charge is 0.443 e. The lowest BCUT2D eigenvalue weighted by Crippen LogP contribution is -2.35. The molecule has 0 saturated carbocycles. The molecule has 0 saturated heterocycles. The number of carbonyl (C=O) groups is 2. The Bertz CT molecular complexity index is 512. The molecule has 0 aliphatic heterocycles. The first kappa shape index (κ1) is 17.8. The molecular formula is C15H23N3O4. The minimum Gasteiger partial charge on any atom is -0.443 e. The van der Waals surface area contributed by atoms with E-state index in [0.717, 1.165) is 0 Å². The Hall–Kier alpha value is -2.28. The molecular weight excluding hydrogens is 286 g/mol. The molecule has 7 nitrogen and oxygen atoms in total. The molecule has 0 spiro atoms. The second-order valence-electron chi connectivity index (χ2n) is 5.58. The maximum Gasteiger partial charge on any atom is 0.426 e. The molecule has 2 amide bonds. The summed E-state index contributed by atoms with van der Waals surface area (Å²) in [5, 5.41) is 2.72. The van der Waals surface area contributed by atoms with Gasteiger partial charge in [0.05, 0.1) is 12.3 Å². The lowest BCUT2D eigenvalue weighted by Gasteiger charge is -2.20. The van der Waals surface area contributed by atoms with Gasteiger partial charge >= 0.3 is 6.09 Å². The standard InChI is InChI=1S/C15H23N3O4/c1-15(2,3)22-14(20)18-17-12-7-5-6-11(10-12)13(19)16-8-9-21-4/h5-7,10,17H,8-9H2,1-4H3,(H,16,19)(H,18,20). The summed E-state index contributed by atoms with van der Waals surface area (Å²) in [5.41, 5.74) is 5.59. The van der Waals surface area contributed by atoms with Crippen LogP contribution in [0.25, 0.3) is 0 Å². The van der Waals surface area contributed by atoms with Crippen molar-refractivity contribution in [3.63, 3.8) is 0 Å². The molecule has 1 rings (SSSR count). The van der Waals surface area contributed by atoms with E-state index in [1.807, 2.05) is 0 Å². The summed E-state index contributed by atoms with van der Waals surface area (Å²) >= 11 is 0. The van der Waals surface area contributed by atoms with Crippen LogP contribution < -0.4 is 16.2 Å². The normalized spacial score (nSPS) is 10.7. The van der Waals surface area contributed by atoms with Crippen LogP contribution in [0.4, 0.5) is 10.5 Å². The molecule has 0 fully saturated rings. The molecule has 0 aromatic heterocycles. The number of anilines is 1. The van der Waals surface area contributed by atoms with E-state index in [-0.39, 0.29) is 5.91 Å².